The minimum atomic E-state index is 0.625. The van der Waals surface area contributed by atoms with Crippen LogP contribution in [-0.2, 0) is 6.42 Å². The first-order valence-corrected chi connectivity index (χ1v) is 7.48. The third-order valence-corrected chi connectivity index (χ3v) is 4.51. The molecule has 1 unspecified atom stereocenters. The standard InChI is InChI=1S/C14H23NS/c1-12(11-14-7-4-10-16-14)15-9-8-13-5-2-3-6-13/h4,7,10,12-13,15H,2-3,5-6,8-9,11H2,1H3. The molecule has 90 valence electrons. The molecule has 1 heterocycles. The zero-order chi connectivity index (χ0) is 11.2. The summed E-state index contributed by atoms with van der Waals surface area (Å²) in [5.74, 6) is 1.02. The predicted octanol–water partition coefficient (Wildman–Crippen LogP) is 3.85. The van der Waals surface area contributed by atoms with Crippen LogP contribution in [0.3, 0.4) is 0 Å². The van der Waals surface area contributed by atoms with Crippen LogP contribution in [0.2, 0.25) is 0 Å². The molecule has 0 aliphatic heterocycles. The summed E-state index contributed by atoms with van der Waals surface area (Å²) in [5.41, 5.74) is 0. The molecular weight excluding hydrogens is 214 g/mol. The van der Waals surface area contributed by atoms with Crippen molar-refractivity contribution in [2.45, 2.75) is 51.5 Å². The molecule has 1 fully saturated rings. The Morgan fingerprint density at radius 3 is 2.94 bits per heavy atom. The van der Waals surface area contributed by atoms with E-state index in [4.69, 9.17) is 0 Å². The van der Waals surface area contributed by atoms with Crippen LogP contribution in [-0.4, -0.2) is 12.6 Å². The minimum Gasteiger partial charge on any atom is -0.314 e. The van der Waals surface area contributed by atoms with Gasteiger partial charge in [0.05, 0.1) is 0 Å². The molecule has 1 atom stereocenters. The molecule has 1 aliphatic carbocycles. The van der Waals surface area contributed by atoms with Crippen molar-refractivity contribution in [2.75, 3.05) is 6.54 Å². The van der Waals surface area contributed by atoms with Crippen LogP contribution >= 0.6 is 11.3 Å². The number of hydrogen-bond acceptors (Lipinski definition) is 2. The van der Waals surface area contributed by atoms with Gasteiger partial charge in [-0.2, -0.15) is 0 Å². The van der Waals surface area contributed by atoms with Crippen LogP contribution < -0.4 is 5.32 Å². The van der Waals surface area contributed by atoms with Crippen molar-refractivity contribution in [1.82, 2.24) is 5.32 Å². The third-order valence-electron chi connectivity index (χ3n) is 3.61. The van der Waals surface area contributed by atoms with Crippen LogP contribution in [0.1, 0.15) is 43.9 Å². The van der Waals surface area contributed by atoms with Crippen LogP contribution in [0.5, 0.6) is 0 Å². The molecular formula is C14H23NS. The molecule has 0 bridgehead atoms. The van der Waals surface area contributed by atoms with Crippen molar-refractivity contribution in [1.29, 1.82) is 0 Å². The first-order chi connectivity index (χ1) is 7.84. The van der Waals surface area contributed by atoms with E-state index < -0.39 is 0 Å². The van der Waals surface area contributed by atoms with E-state index in [0.717, 1.165) is 5.92 Å². The van der Waals surface area contributed by atoms with Crippen molar-refractivity contribution in [3.63, 3.8) is 0 Å². The minimum absolute atomic E-state index is 0.625. The molecule has 1 aliphatic rings. The smallest absolute Gasteiger partial charge is 0.00870 e. The fourth-order valence-corrected chi connectivity index (χ4v) is 3.47. The van der Waals surface area contributed by atoms with Gasteiger partial charge in [-0.3, -0.25) is 0 Å². The van der Waals surface area contributed by atoms with Gasteiger partial charge in [-0.15, -0.1) is 11.3 Å². The molecule has 0 spiro atoms. The highest BCUT2D eigenvalue weighted by Crippen LogP contribution is 2.26. The second-order valence-corrected chi connectivity index (χ2v) is 6.11. The Hall–Kier alpha value is -0.340. The van der Waals surface area contributed by atoms with E-state index in [9.17, 15) is 0 Å². The SMILES string of the molecule is CC(Cc1cccs1)NCCC1CCCC1. The summed E-state index contributed by atoms with van der Waals surface area (Å²) in [6.07, 6.45) is 8.45. The molecule has 2 rings (SSSR count). The number of thiophene rings is 1. The zero-order valence-electron chi connectivity index (χ0n) is 10.2. The van der Waals surface area contributed by atoms with Crippen molar-refractivity contribution in [2.24, 2.45) is 5.92 Å². The Morgan fingerprint density at radius 1 is 1.44 bits per heavy atom. The largest absolute Gasteiger partial charge is 0.314 e. The summed E-state index contributed by atoms with van der Waals surface area (Å²) >= 11 is 1.87. The average Bonchev–Trinajstić information content (AvgIpc) is 2.90. The summed E-state index contributed by atoms with van der Waals surface area (Å²) in [7, 11) is 0. The highest BCUT2D eigenvalue weighted by Gasteiger charge is 2.14. The topological polar surface area (TPSA) is 12.0 Å². The molecule has 16 heavy (non-hydrogen) atoms. The highest BCUT2D eigenvalue weighted by molar-refractivity contribution is 7.09. The predicted molar refractivity (Wildman–Crippen MR) is 72.1 cm³/mol. The van der Waals surface area contributed by atoms with Gasteiger partial charge in [0.15, 0.2) is 0 Å². The molecule has 1 N–H and O–H groups in total. The lowest BCUT2D eigenvalue weighted by molar-refractivity contribution is 0.449. The number of hydrogen-bond donors (Lipinski definition) is 1. The van der Waals surface area contributed by atoms with E-state index in [1.165, 1.54) is 49.9 Å². The van der Waals surface area contributed by atoms with Crippen LogP contribution in [0.25, 0.3) is 0 Å². The monoisotopic (exact) mass is 237 g/mol. The molecule has 1 aromatic heterocycles. The van der Waals surface area contributed by atoms with Crippen molar-refractivity contribution >= 4 is 11.3 Å². The van der Waals surface area contributed by atoms with E-state index in [0.29, 0.717) is 6.04 Å². The van der Waals surface area contributed by atoms with E-state index >= 15 is 0 Å². The van der Waals surface area contributed by atoms with Crippen LogP contribution in [0, 0.1) is 5.92 Å². The molecule has 2 heteroatoms. The van der Waals surface area contributed by atoms with Gasteiger partial charge in [0.2, 0.25) is 0 Å². The van der Waals surface area contributed by atoms with Gasteiger partial charge in [0, 0.05) is 10.9 Å². The maximum atomic E-state index is 3.65. The molecule has 1 nitrogen and oxygen atoms in total. The summed E-state index contributed by atoms with van der Waals surface area (Å²) in [6, 6.07) is 5.01. The van der Waals surface area contributed by atoms with E-state index in [1.807, 2.05) is 11.3 Å². The average molecular weight is 237 g/mol. The first kappa shape index (κ1) is 12.1. The van der Waals surface area contributed by atoms with Gasteiger partial charge in [-0.05, 0) is 43.7 Å². The van der Waals surface area contributed by atoms with Gasteiger partial charge in [-0.25, -0.2) is 0 Å². The summed E-state index contributed by atoms with van der Waals surface area (Å²) in [4.78, 5) is 1.50. The van der Waals surface area contributed by atoms with E-state index in [1.54, 1.807) is 0 Å². The van der Waals surface area contributed by atoms with Crippen molar-refractivity contribution in [3.05, 3.63) is 22.4 Å². The Balaban J connectivity index is 1.58. The van der Waals surface area contributed by atoms with E-state index in [-0.39, 0.29) is 0 Å². The van der Waals surface area contributed by atoms with Gasteiger partial charge in [0.25, 0.3) is 0 Å². The van der Waals surface area contributed by atoms with Crippen molar-refractivity contribution in [3.8, 4) is 0 Å². The van der Waals surface area contributed by atoms with Gasteiger partial charge < -0.3 is 5.32 Å². The Morgan fingerprint density at radius 2 is 2.25 bits per heavy atom. The third kappa shape index (κ3) is 3.91. The molecule has 1 saturated carbocycles. The summed E-state index contributed by atoms with van der Waals surface area (Å²) in [6.45, 7) is 3.51. The summed E-state index contributed by atoms with van der Waals surface area (Å²) < 4.78 is 0. The molecule has 0 radical (unpaired) electrons. The maximum Gasteiger partial charge on any atom is 0.00870 e. The lowest BCUT2D eigenvalue weighted by atomic mass is 10.0. The number of nitrogens with one attached hydrogen (secondary N) is 1. The Kier molecular flexibility index (Phi) is 4.86. The molecule has 0 saturated heterocycles. The zero-order valence-corrected chi connectivity index (χ0v) is 11.1. The van der Waals surface area contributed by atoms with Crippen LogP contribution in [0.15, 0.2) is 17.5 Å². The van der Waals surface area contributed by atoms with Gasteiger partial charge in [0.1, 0.15) is 0 Å². The Bertz CT molecular complexity index is 275. The normalized spacial score (nSPS) is 19.1. The molecule has 0 amide bonds. The highest BCUT2D eigenvalue weighted by atomic mass is 32.1. The van der Waals surface area contributed by atoms with Crippen molar-refractivity contribution < 1.29 is 0 Å². The fraction of sp³-hybridized carbons (Fsp3) is 0.714. The lowest BCUT2D eigenvalue weighted by Gasteiger charge is -2.15. The summed E-state index contributed by atoms with van der Waals surface area (Å²) in [5, 5.41) is 5.82. The Labute approximate surface area is 103 Å². The second kappa shape index (κ2) is 6.41. The lowest BCUT2D eigenvalue weighted by Crippen LogP contribution is -2.29. The molecule has 0 aromatic carbocycles. The van der Waals surface area contributed by atoms with E-state index in [2.05, 4.69) is 29.8 Å². The molecule has 1 aromatic rings. The van der Waals surface area contributed by atoms with Gasteiger partial charge >= 0.3 is 0 Å². The maximum absolute atomic E-state index is 3.65. The van der Waals surface area contributed by atoms with Gasteiger partial charge in [-0.1, -0.05) is 31.7 Å². The fourth-order valence-electron chi connectivity index (χ4n) is 2.64. The number of rotatable bonds is 6. The quantitative estimate of drug-likeness (QED) is 0.792. The first-order valence-electron chi connectivity index (χ1n) is 6.60. The second-order valence-electron chi connectivity index (χ2n) is 5.08. The van der Waals surface area contributed by atoms with Crippen LogP contribution in [0.4, 0.5) is 0 Å².